The van der Waals surface area contributed by atoms with Gasteiger partial charge in [-0.25, -0.2) is 19.7 Å². The number of halogens is 3. The number of nitrogens with one attached hydrogen (secondary N) is 1. The molecule has 2 N–H and O–H groups in total. The van der Waals surface area contributed by atoms with Gasteiger partial charge in [0.25, 0.3) is 0 Å². The van der Waals surface area contributed by atoms with Crippen molar-refractivity contribution in [1.29, 1.82) is 0 Å². The number of imidazole rings is 1. The third kappa shape index (κ3) is 4.82. The molecule has 2 aromatic heterocycles. The van der Waals surface area contributed by atoms with E-state index in [-0.39, 0.29) is 12.0 Å². The van der Waals surface area contributed by atoms with E-state index in [1.165, 1.54) is 4.90 Å². The topological polar surface area (TPSA) is 103 Å². The minimum absolute atomic E-state index is 0.0311. The van der Waals surface area contributed by atoms with E-state index in [1.807, 2.05) is 29.8 Å². The van der Waals surface area contributed by atoms with Crippen molar-refractivity contribution in [3.05, 3.63) is 36.2 Å². The smallest absolute Gasteiger partial charge is 0.419 e. The van der Waals surface area contributed by atoms with Gasteiger partial charge in [0, 0.05) is 70.4 Å². The molecule has 5 rings (SSSR count). The largest absolute Gasteiger partial charge is 0.465 e. The maximum absolute atomic E-state index is 12.8. The zero-order valence-corrected chi connectivity index (χ0v) is 19.7. The van der Waals surface area contributed by atoms with Gasteiger partial charge < -0.3 is 29.7 Å². The molecule has 10 nitrogen and oxygen atoms in total. The Kier molecular flexibility index (Phi) is 6.22. The Hall–Kier alpha value is -3.77. The molecule has 2 aliphatic rings. The Balaban J connectivity index is 1.28. The summed E-state index contributed by atoms with van der Waals surface area (Å²) in [4.78, 5) is 29.5. The molecule has 0 aliphatic carbocycles. The van der Waals surface area contributed by atoms with Crippen LogP contribution in [-0.4, -0.2) is 80.9 Å². The third-order valence-corrected chi connectivity index (χ3v) is 6.77. The molecule has 2 aliphatic heterocycles. The third-order valence-electron chi connectivity index (χ3n) is 6.77. The number of carbonyl (C=O) groups is 1. The summed E-state index contributed by atoms with van der Waals surface area (Å²) in [6, 6.07) is 6.06. The van der Waals surface area contributed by atoms with Crippen LogP contribution in [0.25, 0.3) is 11.0 Å². The number of benzene rings is 1. The van der Waals surface area contributed by atoms with Crippen molar-refractivity contribution in [1.82, 2.24) is 24.4 Å². The van der Waals surface area contributed by atoms with Crippen molar-refractivity contribution < 1.29 is 23.1 Å². The maximum Gasteiger partial charge on any atom is 0.419 e. The van der Waals surface area contributed by atoms with Crippen LogP contribution in [0.2, 0.25) is 0 Å². The molecule has 1 amide bonds. The van der Waals surface area contributed by atoms with E-state index in [4.69, 9.17) is 4.98 Å². The number of carboxylic acid groups (broad SMARTS) is 1. The molecule has 13 heteroatoms. The molecule has 36 heavy (non-hydrogen) atoms. The van der Waals surface area contributed by atoms with Crippen LogP contribution >= 0.6 is 0 Å². The average Bonchev–Trinajstić information content (AvgIpc) is 3.20. The number of aryl methyl sites for hydroxylation is 1. The van der Waals surface area contributed by atoms with E-state index in [0.29, 0.717) is 32.7 Å². The van der Waals surface area contributed by atoms with E-state index >= 15 is 0 Å². The number of rotatable bonds is 4. The minimum atomic E-state index is -4.47. The highest BCUT2D eigenvalue weighted by molar-refractivity contribution is 5.83. The number of hydrogen-bond acceptors (Lipinski definition) is 7. The van der Waals surface area contributed by atoms with Gasteiger partial charge in [0.2, 0.25) is 11.9 Å². The number of hydrogen-bond donors (Lipinski definition) is 2. The van der Waals surface area contributed by atoms with Crippen LogP contribution < -0.4 is 15.1 Å². The Labute approximate surface area is 205 Å². The van der Waals surface area contributed by atoms with E-state index in [9.17, 15) is 23.1 Å². The summed E-state index contributed by atoms with van der Waals surface area (Å²) in [5.74, 6) is 0.991. The molecule has 3 aromatic rings. The highest BCUT2D eigenvalue weighted by Gasteiger charge is 2.32. The number of aromatic nitrogens is 4. The van der Waals surface area contributed by atoms with Gasteiger partial charge in [0.05, 0.1) is 16.6 Å². The highest BCUT2D eigenvalue weighted by atomic mass is 19.4. The number of anilines is 3. The van der Waals surface area contributed by atoms with Gasteiger partial charge in [-0.15, -0.1) is 0 Å². The summed E-state index contributed by atoms with van der Waals surface area (Å²) in [5.41, 5.74) is 1.97. The van der Waals surface area contributed by atoms with Crippen molar-refractivity contribution in [2.45, 2.75) is 25.1 Å². The molecule has 0 radical (unpaired) electrons. The summed E-state index contributed by atoms with van der Waals surface area (Å²) >= 11 is 0. The van der Waals surface area contributed by atoms with Crippen molar-refractivity contribution in [3.8, 4) is 0 Å². The molecule has 0 saturated carbocycles. The SMILES string of the molecule is Cn1c(N2CCC[C@@H](Nc3ncc(C(F)(F)F)cn3)C2)nc2cc(N3CCN(C(=O)O)CC3)ccc21. The van der Waals surface area contributed by atoms with Gasteiger partial charge >= 0.3 is 12.3 Å². The number of fused-ring (bicyclic) bond motifs is 1. The lowest BCUT2D eigenvalue weighted by Gasteiger charge is -2.34. The zero-order valence-electron chi connectivity index (χ0n) is 19.7. The first-order valence-corrected chi connectivity index (χ1v) is 11.8. The van der Waals surface area contributed by atoms with Crippen LogP contribution in [0.1, 0.15) is 18.4 Å². The second kappa shape index (κ2) is 9.36. The highest BCUT2D eigenvalue weighted by Crippen LogP contribution is 2.30. The Bertz CT molecular complexity index is 1240. The Morgan fingerprint density at radius 1 is 1.08 bits per heavy atom. The molecule has 0 bridgehead atoms. The van der Waals surface area contributed by atoms with E-state index in [1.54, 1.807) is 0 Å². The summed E-state index contributed by atoms with van der Waals surface area (Å²) in [5, 5.41) is 12.3. The number of nitrogens with zero attached hydrogens (tertiary/aromatic N) is 7. The maximum atomic E-state index is 12.8. The lowest BCUT2D eigenvalue weighted by Crippen LogP contribution is -2.48. The quantitative estimate of drug-likeness (QED) is 0.558. The fourth-order valence-electron chi connectivity index (χ4n) is 4.82. The minimum Gasteiger partial charge on any atom is -0.465 e. The number of piperidine rings is 1. The molecule has 4 heterocycles. The first-order chi connectivity index (χ1) is 17.2. The number of piperazine rings is 1. The van der Waals surface area contributed by atoms with Gasteiger partial charge in [0.15, 0.2) is 0 Å². The predicted octanol–water partition coefficient (Wildman–Crippen LogP) is 3.26. The van der Waals surface area contributed by atoms with Gasteiger partial charge in [-0.1, -0.05) is 0 Å². The summed E-state index contributed by atoms with van der Waals surface area (Å²) < 4.78 is 40.4. The summed E-state index contributed by atoms with van der Waals surface area (Å²) in [6.45, 7) is 3.61. The molecular weight excluding hydrogens is 477 g/mol. The van der Waals surface area contributed by atoms with Crippen molar-refractivity contribution in [2.75, 3.05) is 54.4 Å². The molecular formula is C23H27F3N8O2. The van der Waals surface area contributed by atoms with Crippen LogP contribution in [0.5, 0.6) is 0 Å². The van der Waals surface area contributed by atoms with Crippen molar-refractivity contribution in [3.63, 3.8) is 0 Å². The average molecular weight is 505 g/mol. The lowest BCUT2D eigenvalue weighted by atomic mass is 10.1. The van der Waals surface area contributed by atoms with Crippen LogP contribution in [-0.2, 0) is 13.2 Å². The number of alkyl halides is 3. The van der Waals surface area contributed by atoms with Crippen molar-refractivity contribution >= 4 is 34.7 Å². The normalized spacial score (nSPS) is 19.1. The van der Waals surface area contributed by atoms with Crippen LogP contribution in [0.3, 0.4) is 0 Å². The monoisotopic (exact) mass is 504 g/mol. The second-order valence-corrected chi connectivity index (χ2v) is 9.12. The van der Waals surface area contributed by atoms with Crippen LogP contribution in [0, 0.1) is 0 Å². The van der Waals surface area contributed by atoms with Crippen LogP contribution in [0.15, 0.2) is 30.6 Å². The summed E-state index contributed by atoms with van der Waals surface area (Å²) in [7, 11) is 1.96. The van der Waals surface area contributed by atoms with E-state index in [2.05, 4.69) is 25.1 Å². The van der Waals surface area contributed by atoms with Gasteiger partial charge in [0.1, 0.15) is 0 Å². The predicted molar refractivity (Wildman–Crippen MR) is 128 cm³/mol. The molecule has 0 unspecified atom stereocenters. The fraction of sp³-hybridized carbons (Fsp3) is 0.478. The standard InChI is InChI=1S/C23H27F3N8O2/c1-31-19-5-4-17(32-7-9-33(10-8-32)22(35)36)11-18(19)30-21(31)34-6-2-3-16(14-34)29-20-27-12-15(13-28-20)23(24,25)26/h4-5,11-13,16H,2-3,6-10,14H2,1H3,(H,35,36)(H,27,28,29)/t16-/m1/s1. The Morgan fingerprint density at radius 3 is 2.47 bits per heavy atom. The molecule has 1 aromatic carbocycles. The second-order valence-electron chi connectivity index (χ2n) is 9.12. The van der Waals surface area contributed by atoms with Crippen LogP contribution in [0.4, 0.5) is 35.5 Å². The molecule has 192 valence electrons. The van der Waals surface area contributed by atoms with Gasteiger partial charge in [-0.05, 0) is 31.0 Å². The van der Waals surface area contributed by atoms with Gasteiger partial charge in [-0.3, -0.25) is 0 Å². The Morgan fingerprint density at radius 2 is 1.81 bits per heavy atom. The van der Waals surface area contributed by atoms with E-state index < -0.39 is 17.8 Å². The first kappa shape index (κ1) is 23.9. The zero-order chi connectivity index (χ0) is 25.4. The van der Waals surface area contributed by atoms with Gasteiger partial charge in [-0.2, -0.15) is 13.2 Å². The summed E-state index contributed by atoms with van der Waals surface area (Å²) in [6.07, 6.45) is -2.04. The van der Waals surface area contributed by atoms with E-state index in [0.717, 1.165) is 54.4 Å². The molecule has 0 spiro atoms. The molecule has 2 saturated heterocycles. The molecule has 2 fully saturated rings. The molecule has 1 atom stereocenters. The first-order valence-electron chi connectivity index (χ1n) is 11.8. The number of amides is 1. The fourth-order valence-corrected chi connectivity index (χ4v) is 4.82. The van der Waals surface area contributed by atoms with Crippen molar-refractivity contribution in [2.24, 2.45) is 7.05 Å². The lowest BCUT2D eigenvalue weighted by molar-refractivity contribution is -0.138.